The lowest BCUT2D eigenvalue weighted by atomic mass is 10.1. The maximum Gasteiger partial charge on any atom is 0.242 e. The minimum absolute atomic E-state index is 0.156. The number of sulfonamides is 1. The number of aromatic nitrogens is 3. The highest BCUT2D eigenvalue weighted by molar-refractivity contribution is 9.10. The van der Waals surface area contributed by atoms with E-state index in [0.717, 1.165) is 10.0 Å². The Balaban J connectivity index is 1.47. The fourth-order valence-corrected chi connectivity index (χ4v) is 5.18. The summed E-state index contributed by atoms with van der Waals surface area (Å²) in [6, 6.07) is 17.2. The van der Waals surface area contributed by atoms with Crippen LogP contribution in [0.4, 0.5) is 5.82 Å². The predicted molar refractivity (Wildman–Crippen MR) is 135 cm³/mol. The minimum atomic E-state index is -3.64. The third-order valence-electron chi connectivity index (χ3n) is 5.23. The number of hydrogen-bond acceptors (Lipinski definition) is 6. The van der Waals surface area contributed by atoms with E-state index in [1.54, 1.807) is 10.7 Å². The zero-order valence-electron chi connectivity index (χ0n) is 18.1. The van der Waals surface area contributed by atoms with Crippen LogP contribution in [0.25, 0.3) is 16.9 Å². The molecule has 2 aromatic heterocycles. The number of halogens is 2. The molecule has 0 spiro atoms. The number of hydrogen-bond donors (Lipinski definition) is 1. The molecule has 4 aromatic rings. The summed E-state index contributed by atoms with van der Waals surface area (Å²) in [5, 5.41) is 17.2. The van der Waals surface area contributed by atoms with Gasteiger partial charge in [0.25, 0.3) is 0 Å². The van der Waals surface area contributed by atoms with Gasteiger partial charge in [-0.3, -0.25) is 0 Å². The SMILES string of the molecule is CN(CCCNc1cc(-c2ccccc2Cl)nc2c(Br)cnn12)S(=O)(=O)c1ccc(C#N)cc1. The van der Waals surface area contributed by atoms with Crippen LogP contribution in [0.2, 0.25) is 5.02 Å². The Labute approximate surface area is 211 Å². The van der Waals surface area contributed by atoms with Gasteiger partial charge in [0.15, 0.2) is 5.65 Å². The van der Waals surface area contributed by atoms with Crippen LogP contribution in [0.3, 0.4) is 0 Å². The van der Waals surface area contributed by atoms with Gasteiger partial charge in [0.05, 0.1) is 32.9 Å². The smallest absolute Gasteiger partial charge is 0.242 e. The van der Waals surface area contributed by atoms with Crippen LogP contribution in [0, 0.1) is 11.3 Å². The van der Waals surface area contributed by atoms with E-state index in [-0.39, 0.29) is 4.90 Å². The molecule has 2 heterocycles. The second-order valence-corrected chi connectivity index (χ2v) is 10.8. The molecule has 0 radical (unpaired) electrons. The van der Waals surface area contributed by atoms with Crippen molar-refractivity contribution >= 4 is 49.0 Å². The average Bonchev–Trinajstić information content (AvgIpc) is 3.22. The topological polar surface area (TPSA) is 103 Å². The van der Waals surface area contributed by atoms with Crippen LogP contribution in [-0.4, -0.2) is 47.5 Å². The summed E-state index contributed by atoms with van der Waals surface area (Å²) in [6.07, 6.45) is 2.22. The van der Waals surface area contributed by atoms with Gasteiger partial charge in [-0.2, -0.15) is 14.9 Å². The van der Waals surface area contributed by atoms with Crippen molar-refractivity contribution in [3.63, 3.8) is 0 Å². The molecule has 1 N–H and O–H groups in total. The lowest BCUT2D eigenvalue weighted by Gasteiger charge is -2.18. The molecule has 174 valence electrons. The Bertz CT molecular complexity index is 1480. The van der Waals surface area contributed by atoms with Gasteiger partial charge in [0.1, 0.15) is 5.82 Å². The first-order valence-corrected chi connectivity index (χ1v) is 12.9. The first-order valence-electron chi connectivity index (χ1n) is 10.3. The van der Waals surface area contributed by atoms with E-state index in [9.17, 15) is 8.42 Å². The van der Waals surface area contributed by atoms with E-state index in [4.69, 9.17) is 16.9 Å². The number of nitrogens with zero attached hydrogens (tertiary/aromatic N) is 5. The van der Waals surface area contributed by atoms with E-state index < -0.39 is 10.0 Å². The number of nitrogens with one attached hydrogen (secondary N) is 1. The second kappa shape index (κ2) is 10.1. The van der Waals surface area contributed by atoms with Crippen molar-refractivity contribution in [2.75, 3.05) is 25.5 Å². The van der Waals surface area contributed by atoms with Gasteiger partial charge in [0, 0.05) is 36.8 Å². The van der Waals surface area contributed by atoms with Crippen LogP contribution in [-0.2, 0) is 10.0 Å². The van der Waals surface area contributed by atoms with Crippen LogP contribution in [0.1, 0.15) is 12.0 Å². The molecular formula is C23H20BrClN6O2S. The summed E-state index contributed by atoms with van der Waals surface area (Å²) in [5.41, 5.74) is 2.55. The number of nitriles is 1. The fourth-order valence-electron chi connectivity index (χ4n) is 3.39. The van der Waals surface area contributed by atoms with Crippen LogP contribution in [0.15, 0.2) is 70.2 Å². The van der Waals surface area contributed by atoms with Crippen molar-refractivity contribution in [2.24, 2.45) is 0 Å². The average molecular weight is 560 g/mol. The second-order valence-electron chi connectivity index (χ2n) is 7.48. The van der Waals surface area contributed by atoms with Crippen molar-refractivity contribution in [2.45, 2.75) is 11.3 Å². The highest BCUT2D eigenvalue weighted by Crippen LogP contribution is 2.30. The van der Waals surface area contributed by atoms with Crippen molar-refractivity contribution in [1.29, 1.82) is 5.26 Å². The molecule has 2 aromatic carbocycles. The van der Waals surface area contributed by atoms with E-state index in [1.165, 1.54) is 35.6 Å². The van der Waals surface area contributed by atoms with Gasteiger partial charge in [-0.25, -0.2) is 17.7 Å². The summed E-state index contributed by atoms with van der Waals surface area (Å²) < 4.78 is 29.3. The molecule has 8 nitrogen and oxygen atoms in total. The van der Waals surface area contributed by atoms with E-state index >= 15 is 0 Å². The van der Waals surface area contributed by atoms with Crippen LogP contribution < -0.4 is 5.32 Å². The first kappa shape index (κ1) is 24.2. The first-order chi connectivity index (χ1) is 16.3. The molecule has 4 rings (SSSR count). The molecule has 11 heteroatoms. The van der Waals surface area contributed by atoms with E-state index in [0.29, 0.717) is 47.3 Å². The van der Waals surface area contributed by atoms with Crippen molar-refractivity contribution in [3.05, 3.63) is 75.9 Å². The highest BCUT2D eigenvalue weighted by atomic mass is 79.9. The number of rotatable bonds is 8. The molecule has 0 amide bonds. The summed E-state index contributed by atoms with van der Waals surface area (Å²) in [7, 11) is -2.10. The van der Waals surface area contributed by atoms with Gasteiger partial charge in [0.2, 0.25) is 10.0 Å². The number of benzene rings is 2. The Morgan fingerprint density at radius 3 is 2.65 bits per heavy atom. The Kier molecular flexibility index (Phi) is 7.19. The molecule has 0 atom stereocenters. The molecule has 0 bridgehead atoms. The monoisotopic (exact) mass is 558 g/mol. The van der Waals surface area contributed by atoms with Crippen molar-refractivity contribution < 1.29 is 8.42 Å². The molecule has 0 fully saturated rings. The highest BCUT2D eigenvalue weighted by Gasteiger charge is 2.20. The van der Waals surface area contributed by atoms with Gasteiger partial charge < -0.3 is 5.32 Å². The van der Waals surface area contributed by atoms with Gasteiger partial charge in [-0.15, -0.1) is 0 Å². The van der Waals surface area contributed by atoms with Gasteiger partial charge in [-0.05, 0) is 52.7 Å². The normalized spacial score (nSPS) is 11.6. The Morgan fingerprint density at radius 1 is 1.21 bits per heavy atom. The molecular weight excluding hydrogens is 540 g/mol. The third-order valence-corrected chi connectivity index (χ3v) is 7.99. The van der Waals surface area contributed by atoms with Gasteiger partial charge >= 0.3 is 0 Å². The number of fused-ring (bicyclic) bond motifs is 1. The van der Waals surface area contributed by atoms with Crippen molar-refractivity contribution in [1.82, 2.24) is 18.9 Å². The van der Waals surface area contributed by atoms with Crippen LogP contribution in [0.5, 0.6) is 0 Å². The third kappa shape index (κ3) is 4.93. The van der Waals surface area contributed by atoms with Crippen molar-refractivity contribution in [3.8, 4) is 17.3 Å². The summed E-state index contributed by atoms with van der Waals surface area (Å²) in [5.74, 6) is 0.711. The predicted octanol–water partition coefficient (Wildman–Crippen LogP) is 4.81. The Hall–Kier alpha value is -2.97. The lowest BCUT2D eigenvalue weighted by Crippen LogP contribution is -2.29. The lowest BCUT2D eigenvalue weighted by molar-refractivity contribution is 0.465. The Morgan fingerprint density at radius 2 is 1.94 bits per heavy atom. The molecule has 0 saturated carbocycles. The molecule has 34 heavy (non-hydrogen) atoms. The molecule has 0 aliphatic rings. The zero-order chi connectivity index (χ0) is 24.3. The quantitative estimate of drug-likeness (QED) is 0.311. The van der Waals surface area contributed by atoms with Crippen LogP contribution >= 0.6 is 27.5 Å². The largest absolute Gasteiger partial charge is 0.370 e. The minimum Gasteiger partial charge on any atom is -0.370 e. The summed E-state index contributed by atoms with van der Waals surface area (Å²) >= 11 is 9.86. The molecule has 0 saturated heterocycles. The molecule has 0 unspecified atom stereocenters. The van der Waals surface area contributed by atoms with E-state index in [2.05, 4.69) is 31.3 Å². The maximum atomic E-state index is 12.8. The zero-order valence-corrected chi connectivity index (χ0v) is 21.3. The fraction of sp³-hybridized carbons (Fsp3) is 0.174. The maximum absolute atomic E-state index is 12.8. The standard InChI is InChI=1S/C23H20BrClN6O2S/c1-30(34(32,33)17-9-7-16(14-26)8-10-17)12-4-11-27-22-13-21(18-5-2-3-6-20(18)25)29-23-19(24)15-28-31(22)23/h2-3,5-10,13,15,27H,4,11-12H2,1H3. The summed E-state index contributed by atoms with van der Waals surface area (Å²) in [4.78, 5) is 4.84. The summed E-state index contributed by atoms with van der Waals surface area (Å²) in [6.45, 7) is 0.815. The van der Waals surface area contributed by atoms with E-state index in [1.807, 2.05) is 36.4 Å². The molecule has 0 aliphatic carbocycles. The number of anilines is 1. The molecule has 0 aliphatic heterocycles. The van der Waals surface area contributed by atoms with Gasteiger partial charge in [-0.1, -0.05) is 29.8 Å².